The number of carbonyl (C=O) groups is 3. The molecule has 0 unspecified atom stereocenters. The van der Waals surface area contributed by atoms with Crippen molar-refractivity contribution in [2.24, 2.45) is 5.92 Å². The molecule has 4 amide bonds. The molecule has 1 aliphatic heterocycles. The van der Waals surface area contributed by atoms with E-state index in [0.717, 1.165) is 28.9 Å². The molecule has 28 heavy (non-hydrogen) atoms. The number of carbonyl (C=O) groups excluding carboxylic acids is 3. The van der Waals surface area contributed by atoms with Crippen LogP contribution in [0.4, 0.5) is 4.79 Å². The van der Waals surface area contributed by atoms with Gasteiger partial charge < -0.3 is 10.6 Å². The molecule has 1 atom stereocenters. The maximum Gasteiger partial charge on any atom is 0.325 e. The van der Waals surface area contributed by atoms with Gasteiger partial charge in [-0.05, 0) is 42.9 Å². The van der Waals surface area contributed by atoms with E-state index >= 15 is 0 Å². The van der Waals surface area contributed by atoms with Crippen molar-refractivity contribution in [1.29, 1.82) is 0 Å². The summed E-state index contributed by atoms with van der Waals surface area (Å²) in [5.41, 5.74) is 1.19. The highest BCUT2D eigenvalue weighted by Gasteiger charge is 2.56. The summed E-state index contributed by atoms with van der Waals surface area (Å²) in [6, 6.07) is 9.25. The van der Waals surface area contributed by atoms with Gasteiger partial charge in [0, 0.05) is 18.9 Å². The molecule has 0 bridgehead atoms. The fourth-order valence-corrected chi connectivity index (χ4v) is 3.54. The molecule has 2 heterocycles. The van der Waals surface area contributed by atoms with Crippen molar-refractivity contribution >= 4 is 17.8 Å². The third-order valence-corrected chi connectivity index (χ3v) is 5.41. The minimum absolute atomic E-state index is 0.178. The summed E-state index contributed by atoms with van der Waals surface area (Å²) in [6.45, 7) is 2.51. The number of benzene rings is 1. The summed E-state index contributed by atoms with van der Waals surface area (Å²) < 4.78 is 1.84. The molecule has 1 aromatic carbocycles. The van der Waals surface area contributed by atoms with E-state index in [1.165, 1.54) is 0 Å². The first-order valence-corrected chi connectivity index (χ1v) is 9.42. The minimum Gasteiger partial charge on any atom is -0.350 e. The van der Waals surface area contributed by atoms with Crippen molar-refractivity contribution in [3.8, 4) is 0 Å². The molecule has 1 aromatic heterocycles. The molecule has 8 heteroatoms. The number of hydrogen-bond acceptors (Lipinski definition) is 4. The third kappa shape index (κ3) is 3.62. The maximum atomic E-state index is 12.6. The highest BCUT2D eigenvalue weighted by molar-refractivity contribution is 6.09. The van der Waals surface area contributed by atoms with Crippen LogP contribution in [0.5, 0.6) is 0 Å². The van der Waals surface area contributed by atoms with Gasteiger partial charge >= 0.3 is 6.03 Å². The number of rotatable bonds is 7. The fourth-order valence-electron chi connectivity index (χ4n) is 3.54. The van der Waals surface area contributed by atoms with E-state index in [1.54, 1.807) is 13.1 Å². The van der Waals surface area contributed by atoms with Crippen molar-refractivity contribution in [1.82, 2.24) is 25.3 Å². The average Bonchev–Trinajstić information content (AvgIpc) is 3.38. The zero-order valence-electron chi connectivity index (χ0n) is 15.7. The van der Waals surface area contributed by atoms with Crippen molar-refractivity contribution in [3.63, 3.8) is 0 Å². The second-order valence-electron chi connectivity index (χ2n) is 7.59. The standard InChI is InChI=1S/C20H23N5O3/c1-20(16-7-8-16)18(27)25(19(28)23-20)13-17(26)21-11-14-3-5-15(6-4-14)12-24-10-2-9-22-24/h2-6,9-10,16H,7-8,11-13H2,1H3,(H,21,26)(H,23,28)/t20-/m0/s1. The summed E-state index contributed by atoms with van der Waals surface area (Å²) in [7, 11) is 0. The minimum atomic E-state index is -0.859. The lowest BCUT2D eigenvalue weighted by atomic mass is 9.96. The first-order chi connectivity index (χ1) is 13.5. The van der Waals surface area contributed by atoms with E-state index < -0.39 is 11.6 Å². The molecule has 0 spiro atoms. The normalized spacial score (nSPS) is 21.7. The number of hydrogen-bond donors (Lipinski definition) is 2. The van der Waals surface area contributed by atoms with Gasteiger partial charge in [0.1, 0.15) is 12.1 Å². The second kappa shape index (κ2) is 7.10. The quantitative estimate of drug-likeness (QED) is 0.706. The smallest absolute Gasteiger partial charge is 0.325 e. The van der Waals surface area contributed by atoms with Gasteiger partial charge in [0.25, 0.3) is 5.91 Å². The van der Waals surface area contributed by atoms with Crippen LogP contribution in [0.3, 0.4) is 0 Å². The number of nitrogens with zero attached hydrogens (tertiary/aromatic N) is 3. The molecule has 146 valence electrons. The second-order valence-corrected chi connectivity index (χ2v) is 7.59. The number of amides is 4. The van der Waals surface area contributed by atoms with E-state index in [-0.39, 0.29) is 24.3 Å². The molecule has 8 nitrogen and oxygen atoms in total. The highest BCUT2D eigenvalue weighted by atomic mass is 16.2. The predicted molar refractivity (Wildman–Crippen MR) is 101 cm³/mol. The first-order valence-electron chi connectivity index (χ1n) is 9.42. The van der Waals surface area contributed by atoms with Crippen LogP contribution in [0.1, 0.15) is 30.9 Å². The molecule has 2 aromatic rings. The Labute approximate surface area is 162 Å². The van der Waals surface area contributed by atoms with Crippen LogP contribution in [0.15, 0.2) is 42.7 Å². The van der Waals surface area contributed by atoms with E-state index in [4.69, 9.17) is 0 Å². The van der Waals surface area contributed by atoms with Crippen molar-refractivity contribution in [2.45, 2.75) is 38.4 Å². The molecule has 1 aliphatic carbocycles. The van der Waals surface area contributed by atoms with Crippen LogP contribution in [-0.2, 0) is 22.7 Å². The van der Waals surface area contributed by atoms with Gasteiger partial charge in [0.15, 0.2) is 0 Å². The van der Waals surface area contributed by atoms with Crippen LogP contribution in [-0.4, -0.2) is 44.6 Å². The van der Waals surface area contributed by atoms with Crippen LogP contribution in [0, 0.1) is 5.92 Å². The Morgan fingerprint density at radius 2 is 1.96 bits per heavy atom. The van der Waals surface area contributed by atoms with Gasteiger partial charge in [-0.2, -0.15) is 5.10 Å². The van der Waals surface area contributed by atoms with Gasteiger partial charge in [0.2, 0.25) is 5.91 Å². The zero-order valence-corrected chi connectivity index (χ0v) is 15.7. The third-order valence-electron chi connectivity index (χ3n) is 5.41. The molecular weight excluding hydrogens is 358 g/mol. The summed E-state index contributed by atoms with van der Waals surface area (Å²) >= 11 is 0. The fraction of sp³-hybridized carbons (Fsp3) is 0.400. The lowest BCUT2D eigenvalue weighted by Gasteiger charge is -2.20. The van der Waals surface area contributed by atoms with Crippen molar-refractivity contribution in [3.05, 3.63) is 53.9 Å². The van der Waals surface area contributed by atoms with Crippen LogP contribution in [0.25, 0.3) is 0 Å². The van der Waals surface area contributed by atoms with E-state index in [0.29, 0.717) is 13.1 Å². The highest BCUT2D eigenvalue weighted by Crippen LogP contribution is 2.42. The van der Waals surface area contributed by atoms with E-state index in [9.17, 15) is 14.4 Å². The topological polar surface area (TPSA) is 96.3 Å². The number of imide groups is 1. The largest absolute Gasteiger partial charge is 0.350 e. The summed E-state index contributed by atoms with van der Waals surface area (Å²) in [5.74, 6) is -0.487. The Bertz CT molecular complexity index is 889. The predicted octanol–water partition coefficient (Wildman–Crippen LogP) is 1.27. The van der Waals surface area contributed by atoms with Gasteiger partial charge in [-0.15, -0.1) is 0 Å². The SMILES string of the molecule is C[C@@]1(C2CC2)NC(=O)N(CC(=O)NCc2ccc(Cn3cccn3)cc2)C1=O. The van der Waals surface area contributed by atoms with Gasteiger partial charge in [-0.1, -0.05) is 24.3 Å². The molecule has 0 radical (unpaired) electrons. The van der Waals surface area contributed by atoms with Gasteiger partial charge in [-0.25, -0.2) is 4.79 Å². The van der Waals surface area contributed by atoms with Crippen LogP contribution >= 0.6 is 0 Å². The Morgan fingerprint density at radius 1 is 1.25 bits per heavy atom. The van der Waals surface area contributed by atoms with Crippen LogP contribution < -0.4 is 10.6 Å². The molecule has 4 rings (SSSR count). The molecule has 2 N–H and O–H groups in total. The Balaban J connectivity index is 1.28. The molecule has 2 aliphatic rings. The maximum absolute atomic E-state index is 12.6. The van der Waals surface area contributed by atoms with Gasteiger partial charge in [0.05, 0.1) is 6.54 Å². The molecule has 1 saturated carbocycles. The Kier molecular flexibility index (Phi) is 4.62. The van der Waals surface area contributed by atoms with E-state index in [1.807, 2.05) is 41.2 Å². The Morgan fingerprint density at radius 3 is 2.61 bits per heavy atom. The van der Waals surface area contributed by atoms with Crippen molar-refractivity contribution in [2.75, 3.05) is 6.54 Å². The molecule has 1 saturated heterocycles. The monoisotopic (exact) mass is 381 g/mol. The van der Waals surface area contributed by atoms with Gasteiger partial charge in [-0.3, -0.25) is 19.2 Å². The zero-order chi connectivity index (χ0) is 19.7. The van der Waals surface area contributed by atoms with Crippen molar-refractivity contribution < 1.29 is 14.4 Å². The summed E-state index contributed by atoms with van der Waals surface area (Å²) in [4.78, 5) is 37.9. The number of aromatic nitrogens is 2. The lowest BCUT2D eigenvalue weighted by Crippen LogP contribution is -2.46. The Hall–Kier alpha value is -3.16. The molecular formula is C20H23N5O3. The average molecular weight is 381 g/mol. The molecule has 2 fully saturated rings. The summed E-state index contributed by atoms with van der Waals surface area (Å²) in [5, 5.41) is 9.69. The number of urea groups is 1. The van der Waals surface area contributed by atoms with E-state index in [2.05, 4.69) is 15.7 Å². The number of nitrogens with one attached hydrogen (secondary N) is 2. The summed E-state index contributed by atoms with van der Waals surface area (Å²) in [6.07, 6.45) is 5.50. The first kappa shape index (κ1) is 18.2. The van der Waals surface area contributed by atoms with Crippen LogP contribution in [0.2, 0.25) is 0 Å². The lowest BCUT2D eigenvalue weighted by molar-refractivity contribution is -0.135.